The van der Waals surface area contributed by atoms with E-state index in [1.54, 1.807) is 12.3 Å². The summed E-state index contributed by atoms with van der Waals surface area (Å²) in [7, 11) is 1.94. The smallest absolute Gasteiger partial charge is 0.157 e. The number of nitrogens with one attached hydrogen (secondary N) is 1. The summed E-state index contributed by atoms with van der Waals surface area (Å²) in [5.74, 6) is 0.234. The van der Waals surface area contributed by atoms with Crippen LogP contribution in [0.2, 0.25) is 0 Å². The maximum absolute atomic E-state index is 11.0. The van der Waals surface area contributed by atoms with Gasteiger partial charge in [-0.1, -0.05) is 0 Å². The molecule has 4 heteroatoms. The highest BCUT2D eigenvalue weighted by molar-refractivity contribution is 5.92. The zero-order chi connectivity index (χ0) is 10.7. The van der Waals surface area contributed by atoms with E-state index in [1.165, 1.54) is 5.69 Å². The van der Waals surface area contributed by atoms with Gasteiger partial charge in [-0.3, -0.25) is 9.48 Å². The minimum atomic E-state index is 0.234. The Labute approximate surface area is 89.0 Å². The van der Waals surface area contributed by atoms with E-state index in [1.807, 2.05) is 17.8 Å². The molecule has 0 saturated carbocycles. The molecule has 0 fully saturated rings. The third kappa shape index (κ3) is 2.46. The summed E-state index contributed by atoms with van der Waals surface area (Å²) in [5, 5.41) is 7.38. The molecule has 1 N–H and O–H groups in total. The van der Waals surface area contributed by atoms with Crippen LogP contribution < -0.4 is 5.32 Å². The molecule has 0 bridgehead atoms. The lowest BCUT2D eigenvalue weighted by Gasteiger charge is -2.06. The van der Waals surface area contributed by atoms with Crippen LogP contribution in [0.1, 0.15) is 18.5 Å². The van der Waals surface area contributed by atoms with Crippen LogP contribution in [0.3, 0.4) is 0 Å². The zero-order valence-electron chi connectivity index (χ0n) is 8.86. The van der Waals surface area contributed by atoms with Crippen molar-refractivity contribution in [2.75, 3.05) is 6.54 Å². The highest BCUT2D eigenvalue weighted by Gasteiger charge is 2.10. The summed E-state index contributed by atoms with van der Waals surface area (Å²) in [5.41, 5.74) is 2.27. The molecule has 15 heavy (non-hydrogen) atoms. The van der Waals surface area contributed by atoms with Crippen molar-refractivity contribution in [1.82, 2.24) is 15.1 Å². The Kier molecular flexibility index (Phi) is 2.85. The molecular formula is C11H15N3O. The molecule has 80 valence electrons. The lowest BCUT2D eigenvalue weighted by molar-refractivity contribution is -0.114. The molecule has 0 amide bonds. The number of allylic oxidation sites excluding steroid dienone is 2. The first-order valence-corrected chi connectivity index (χ1v) is 5.20. The SMILES string of the molecule is Cn1nccc1CCNC1=CC(=O)CC1. The van der Waals surface area contributed by atoms with Gasteiger partial charge in [0.25, 0.3) is 0 Å². The van der Waals surface area contributed by atoms with Gasteiger partial charge in [-0.15, -0.1) is 0 Å². The van der Waals surface area contributed by atoms with Gasteiger partial charge in [0.05, 0.1) is 0 Å². The normalized spacial score (nSPS) is 15.5. The Morgan fingerprint density at radius 3 is 3.00 bits per heavy atom. The number of rotatable bonds is 4. The molecule has 4 nitrogen and oxygen atoms in total. The molecule has 1 aromatic heterocycles. The van der Waals surface area contributed by atoms with Gasteiger partial charge in [0.15, 0.2) is 5.78 Å². The number of carbonyl (C=O) groups is 1. The van der Waals surface area contributed by atoms with Crippen LogP contribution in [-0.4, -0.2) is 22.1 Å². The lowest BCUT2D eigenvalue weighted by Crippen LogP contribution is -2.16. The Morgan fingerprint density at radius 1 is 1.53 bits per heavy atom. The van der Waals surface area contributed by atoms with E-state index in [9.17, 15) is 4.79 Å². The number of nitrogens with zero attached hydrogens (tertiary/aromatic N) is 2. The zero-order valence-corrected chi connectivity index (χ0v) is 8.86. The number of carbonyl (C=O) groups excluding carboxylic acids is 1. The third-order valence-electron chi connectivity index (χ3n) is 2.63. The Bertz CT molecular complexity index is 392. The molecule has 0 atom stereocenters. The second-order valence-corrected chi connectivity index (χ2v) is 3.76. The molecule has 0 radical (unpaired) electrons. The molecule has 0 spiro atoms. The largest absolute Gasteiger partial charge is 0.388 e. The van der Waals surface area contributed by atoms with E-state index in [-0.39, 0.29) is 5.78 Å². The van der Waals surface area contributed by atoms with Gasteiger partial charge in [-0.25, -0.2) is 0 Å². The van der Waals surface area contributed by atoms with Crippen molar-refractivity contribution in [2.45, 2.75) is 19.3 Å². The monoisotopic (exact) mass is 205 g/mol. The third-order valence-corrected chi connectivity index (χ3v) is 2.63. The summed E-state index contributed by atoms with van der Waals surface area (Å²) in [6.07, 6.45) is 5.97. The molecule has 1 aromatic rings. The van der Waals surface area contributed by atoms with E-state index in [4.69, 9.17) is 0 Å². The topological polar surface area (TPSA) is 46.9 Å². The first kappa shape index (κ1) is 9.96. The molecule has 0 aliphatic heterocycles. The van der Waals surface area contributed by atoms with Gasteiger partial charge in [0, 0.05) is 50.1 Å². The molecular weight excluding hydrogens is 190 g/mol. The summed E-state index contributed by atoms with van der Waals surface area (Å²) in [4.78, 5) is 11.0. The second kappa shape index (κ2) is 4.29. The van der Waals surface area contributed by atoms with Gasteiger partial charge in [-0.05, 0) is 12.5 Å². The van der Waals surface area contributed by atoms with E-state index in [0.29, 0.717) is 6.42 Å². The molecule has 1 aliphatic carbocycles. The quantitative estimate of drug-likeness (QED) is 0.791. The summed E-state index contributed by atoms with van der Waals surface area (Å²) >= 11 is 0. The number of aryl methyl sites for hydroxylation is 1. The summed E-state index contributed by atoms with van der Waals surface area (Å²) in [6, 6.07) is 2.01. The number of hydrogen-bond donors (Lipinski definition) is 1. The standard InChI is InChI=1S/C11H15N3O/c1-14-10(5-7-13-14)4-6-12-9-2-3-11(15)8-9/h5,7-8,12H,2-4,6H2,1H3. The fourth-order valence-corrected chi connectivity index (χ4v) is 1.73. The van der Waals surface area contributed by atoms with Crippen molar-refractivity contribution < 1.29 is 4.79 Å². The van der Waals surface area contributed by atoms with Gasteiger partial charge in [0.1, 0.15) is 0 Å². The van der Waals surface area contributed by atoms with Crippen LogP contribution in [0.4, 0.5) is 0 Å². The van der Waals surface area contributed by atoms with Crippen molar-refractivity contribution in [3.63, 3.8) is 0 Å². The maximum Gasteiger partial charge on any atom is 0.157 e. The van der Waals surface area contributed by atoms with Crippen LogP contribution in [-0.2, 0) is 18.3 Å². The van der Waals surface area contributed by atoms with Crippen LogP contribution >= 0.6 is 0 Å². The van der Waals surface area contributed by atoms with Gasteiger partial charge < -0.3 is 5.32 Å². The number of aromatic nitrogens is 2. The van der Waals surface area contributed by atoms with Crippen LogP contribution in [0.25, 0.3) is 0 Å². The van der Waals surface area contributed by atoms with Gasteiger partial charge >= 0.3 is 0 Å². The van der Waals surface area contributed by atoms with E-state index in [2.05, 4.69) is 10.4 Å². The number of hydrogen-bond acceptors (Lipinski definition) is 3. The van der Waals surface area contributed by atoms with Crippen LogP contribution in [0, 0.1) is 0 Å². The molecule has 0 unspecified atom stereocenters. The van der Waals surface area contributed by atoms with Crippen molar-refractivity contribution in [3.8, 4) is 0 Å². The highest BCUT2D eigenvalue weighted by Crippen LogP contribution is 2.11. The highest BCUT2D eigenvalue weighted by atomic mass is 16.1. The predicted octanol–water partition coefficient (Wildman–Crippen LogP) is 0.799. The fourth-order valence-electron chi connectivity index (χ4n) is 1.73. The molecule has 1 aliphatic rings. The predicted molar refractivity (Wildman–Crippen MR) is 57.2 cm³/mol. The van der Waals surface area contributed by atoms with Crippen LogP contribution in [0.5, 0.6) is 0 Å². The first-order valence-electron chi connectivity index (χ1n) is 5.20. The van der Waals surface area contributed by atoms with E-state index < -0.39 is 0 Å². The first-order chi connectivity index (χ1) is 7.25. The molecule has 2 rings (SSSR count). The van der Waals surface area contributed by atoms with Crippen molar-refractivity contribution in [2.24, 2.45) is 7.05 Å². The van der Waals surface area contributed by atoms with Crippen molar-refractivity contribution >= 4 is 5.78 Å². The van der Waals surface area contributed by atoms with Gasteiger partial charge in [-0.2, -0.15) is 5.10 Å². The average Bonchev–Trinajstić information content (AvgIpc) is 2.77. The Balaban J connectivity index is 1.78. The number of ketones is 1. The average molecular weight is 205 g/mol. The lowest BCUT2D eigenvalue weighted by atomic mass is 10.3. The maximum atomic E-state index is 11.0. The summed E-state index contributed by atoms with van der Waals surface area (Å²) in [6.45, 7) is 0.860. The van der Waals surface area contributed by atoms with Crippen molar-refractivity contribution in [1.29, 1.82) is 0 Å². The minimum Gasteiger partial charge on any atom is -0.388 e. The Hall–Kier alpha value is -1.58. The fraction of sp³-hybridized carbons (Fsp3) is 0.455. The van der Waals surface area contributed by atoms with Crippen molar-refractivity contribution in [3.05, 3.63) is 29.7 Å². The summed E-state index contributed by atoms with van der Waals surface area (Å²) < 4.78 is 1.87. The molecule has 0 aromatic carbocycles. The van der Waals surface area contributed by atoms with E-state index >= 15 is 0 Å². The molecule has 1 heterocycles. The minimum absolute atomic E-state index is 0.234. The second-order valence-electron chi connectivity index (χ2n) is 3.76. The molecule has 0 saturated heterocycles. The van der Waals surface area contributed by atoms with Crippen LogP contribution in [0.15, 0.2) is 24.0 Å². The van der Waals surface area contributed by atoms with Gasteiger partial charge in [0.2, 0.25) is 0 Å². The Morgan fingerprint density at radius 2 is 2.40 bits per heavy atom. The van der Waals surface area contributed by atoms with E-state index in [0.717, 1.165) is 25.1 Å².